The number of fused-ring (bicyclic) bond motifs is 1. The molecule has 0 aliphatic heterocycles. The number of aromatic nitrogens is 2. The number of benzene rings is 3. The van der Waals surface area contributed by atoms with Gasteiger partial charge in [0.15, 0.2) is 0 Å². The molecule has 1 unspecified atom stereocenters. The van der Waals surface area contributed by atoms with Crippen LogP contribution in [-0.2, 0) is 0 Å². The summed E-state index contributed by atoms with van der Waals surface area (Å²) in [4.78, 5) is 34.2. The van der Waals surface area contributed by atoms with Crippen molar-refractivity contribution >= 4 is 28.4 Å². The minimum absolute atomic E-state index is 0.113. The Morgan fingerprint density at radius 3 is 2.31 bits per heavy atom. The summed E-state index contributed by atoms with van der Waals surface area (Å²) < 4.78 is 6.88. The Hall–Kier alpha value is -3.64. The first-order valence-corrected chi connectivity index (χ1v) is 12.3. The van der Waals surface area contributed by atoms with Gasteiger partial charge in [0.05, 0.1) is 29.7 Å². The smallest absolute Gasteiger partial charge is 0.266 e. The number of aryl methyl sites for hydroxylation is 1. The van der Waals surface area contributed by atoms with Crippen molar-refractivity contribution in [2.45, 2.75) is 33.7 Å². The zero-order chi connectivity index (χ0) is 26.0. The lowest BCUT2D eigenvalue weighted by atomic mass is 10.1. The van der Waals surface area contributed by atoms with Gasteiger partial charge in [-0.25, -0.2) is 4.98 Å². The molecule has 0 bridgehead atoms. The Labute approximate surface area is 216 Å². The van der Waals surface area contributed by atoms with Gasteiger partial charge in [0.2, 0.25) is 0 Å². The summed E-state index contributed by atoms with van der Waals surface area (Å²) in [7, 11) is 1.59. The fraction of sp³-hybridized carbons (Fsp3) is 0.276. The average molecular weight is 504 g/mol. The maximum absolute atomic E-state index is 13.8. The molecule has 4 rings (SSSR count). The van der Waals surface area contributed by atoms with Crippen LogP contribution in [0, 0.1) is 12.8 Å². The molecule has 0 aliphatic rings. The number of ether oxygens (including phenoxy) is 1. The van der Waals surface area contributed by atoms with Gasteiger partial charge in [-0.15, -0.1) is 0 Å². The molecule has 0 saturated heterocycles. The Bertz CT molecular complexity index is 1440. The van der Waals surface area contributed by atoms with E-state index in [9.17, 15) is 9.59 Å². The molecule has 0 spiro atoms. The van der Waals surface area contributed by atoms with E-state index in [1.807, 2.05) is 50.2 Å². The number of hydrogen-bond acceptors (Lipinski definition) is 4. The van der Waals surface area contributed by atoms with E-state index in [-0.39, 0.29) is 17.4 Å². The van der Waals surface area contributed by atoms with Gasteiger partial charge in [-0.3, -0.25) is 14.2 Å². The first-order valence-electron chi connectivity index (χ1n) is 11.9. The summed E-state index contributed by atoms with van der Waals surface area (Å²) in [6, 6.07) is 19.3. The molecule has 0 N–H and O–H groups in total. The third-order valence-corrected chi connectivity index (χ3v) is 6.39. The van der Waals surface area contributed by atoms with Crippen LogP contribution >= 0.6 is 11.6 Å². The van der Waals surface area contributed by atoms with Crippen LogP contribution in [0.1, 0.15) is 48.6 Å². The van der Waals surface area contributed by atoms with E-state index in [4.69, 9.17) is 21.3 Å². The first kappa shape index (κ1) is 25.5. The molecule has 0 aliphatic carbocycles. The van der Waals surface area contributed by atoms with E-state index >= 15 is 0 Å². The van der Waals surface area contributed by atoms with Gasteiger partial charge in [0.1, 0.15) is 11.6 Å². The number of halogens is 1. The number of amides is 1. The summed E-state index contributed by atoms with van der Waals surface area (Å²) >= 11 is 6.24. The van der Waals surface area contributed by atoms with Crippen LogP contribution in [0.3, 0.4) is 0 Å². The lowest BCUT2D eigenvalue weighted by molar-refractivity contribution is 0.0655. The lowest BCUT2D eigenvalue weighted by Crippen LogP contribution is -2.39. The highest BCUT2D eigenvalue weighted by molar-refractivity contribution is 6.31. The molecule has 1 atom stereocenters. The zero-order valence-electron chi connectivity index (χ0n) is 21.2. The van der Waals surface area contributed by atoms with E-state index in [2.05, 4.69) is 13.8 Å². The molecule has 3 aromatic carbocycles. The topological polar surface area (TPSA) is 64.4 Å². The molecule has 1 amide bonds. The van der Waals surface area contributed by atoms with Gasteiger partial charge in [0, 0.05) is 17.1 Å². The van der Waals surface area contributed by atoms with Gasteiger partial charge in [-0.05, 0) is 74.4 Å². The van der Waals surface area contributed by atoms with Gasteiger partial charge in [-0.1, -0.05) is 43.1 Å². The van der Waals surface area contributed by atoms with E-state index in [1.165, 1.54) is 0 Å². The van der Waals surface area contributed by atoms with Gasteiger partial charge in [-0.2, -0.15) is 0 Å². The zero-order valence-corrected chi connectivity index (χ0v) is 21.9. The molecule has 0 radical (unpaired) electrons. The summed E-state index contributed by atoms with van der Waals surface area (Å²) in [5.41, 5.74) is 2.58. The SMILES string of the molecule is COc1ccc(-n2c(C(C)N(CC(C)C)C(=O)c3ccc(C)cc3)nc3cc(Cl)ccc3c2=O)cc1. The van der Waals surface area contributed by atoms with E-state index in [0.29, 0.717) is 45.3 Å². The summed E-state index contributed by atoms with van der Waals surface area (Å²) in [6.45, 7) is 8.52. The number of hydrogen-bond donors (Lipinski definition) is 0. The Morgan fingerprint density at radius 2 is 1.69 bits per heavy atom. The first-order chi connectivity index (χ1) is 17.2. The number of methoxy groups -OCH3 is 1. The van der Waals surface area contributed by atoms with Crippen molar-refractivity contribution in [1.29, 1.82) is 0 Å². The molecule has 6 nitrogen and oxygen atoms in total. The van der Waals surface area contributed by atoms with Crippen LogP contribution in [0.5, 0.6) is 5.75 Å². The van der Waals surface area contributed by atoms with Crippen LogP contribution in [-0.4, -0.2) is 34.0 Å². The predicted octanol–water partition coefficient (Wildman–Crippen LogP) is 6.22. The predicted molar refractivity (Wildman–Crippen MR) is 144 cm³/mol. The van der Waals surface area contributed by atoms with Crippen LogP contribution in [0.2, 0.25) is 5.02 Å². The third kappa shape index (κ3) is 5.14. The number of carbonyl (C=O) groups is 1. The fourth-order valence-electron chi connectivity index (χ4n) is 4.25. The fourth-order valence-corrected chi connectivity index (χ4v) is 4.42. The van der Waals surface area contributed by atoms with Crippen LogP contribution in [0.4, 0.5) is 0 Å². The lowest BCUT2D eigenvalue weighted by Gasteiger charge is -2.32. The third-order valence-electron chi connectivity index (χ3n) is 6.15. The second-order valence-corrected chi connectivity index (χ2v) is 9.80. The second kappa shape index (κ2) is 10.5. The summed E-state index contributed by atoms with van der Waals surface area (Å²) in [5, 5.41) is 0.941. The Balaban J connectivity index is 1.92. The highest BCUT2D eigenvalue weighted by atomic mass is 35.5. The highest BCUT2D eigenvalue weighted by Gasteiger charge is 2.28. The highest BCUT2D eigenvalue weighted by Crippen LogP contribution is 2.27. The van der Waals surface area contributed by atoms with Crippen LogP contribution < -0.4 is 10.3 Å². The molecule has 4 aromatic rings. The minimum atomic E-state index is -0.501. The van der Waals surface area contributed by atoms with E-state index < -0.39 is 6.04 Å². The number of rotatable bonds is 7. The maximum atomic E-state index is 13.8. The van der Waals surface area contributed by atoms with Gasteiger partial charge < -0.3 is 9.64 Å². The molecule has 0 saturated carbocycles. The van der Waals surface area contributed by atoms with Crippen molar-refractivity contribution in [1.82, 2.24) is 14.5 Å². The Kier molecular flexibility index (Phi) is 7.45. The van der Waals surface area contributed by atoms with Gasteiger partial charge in [0.25, 0.3) is 11.5 Å². The minimum Gasteiger partial charge on any atom is -0.497 e. The van der Waals surface area contributed by atoms with Gasteiger partial charge >= 0.3 is 0 Å². The molecular weight excluding hydrogens is 474 g/mol. The normalized spacial score (nSPS) is 12.1. The molecule has 1 heterocycles. The monoisotopic (exact) mass is 503 g/mol. The average Bonchev–Trinajstić information content (AvgIpc) is 2.86. The quantitative estimate of drug-likeness (QED) is 0.300. The number of nitrogens with zero attached hydrogens (tertiary/aromatic N) is 3. The maximum Gasteiger partial charge on any atom is 0.266 e. The van der Waals surface area contributed by atoms with Crippen molar-refractivity contribution in [3.8, 4) is 11.4 Å². The van der Waals surface area contributed by atoms with Crippen LogP contribution in [0.15, 0.2) is 71.5 Å². The Morgan fingerprint density at radius 1 is 1.03 bits per heavy atom. The van der Waals surface area contributed by atoms with Crippen molar-refractivity contribution in [3.05, 3.63) is 99.1 Å². The number of carbonyl (C=O) groups excluding carboxylic acids is 1. The molecule has 7 heteroatoms. The summed E-state index contributed by atoms with van der Waals surface area (Å²) in [6.07, 6.45) is 0. The largest absolute Gasteiger partial charge is 0.497 e. The summed E-state index contributed by atoms with van der Waals surface area (Å²) in [5.74, 6) is 1.23. The van der Waals surface area contributed by atoms with E-state index in [0.717, 1.165) is 5.56 Å². The molecule has 0 fully saturated rings. The second-order valence-electron chi connectivity index (χ2n) is 9.36. The molecule has 186 valence electrons. The molecular formula is C29H30ClN3O3. The van der Waals surface area contributed by atoms with E-state index in [1.54, 1.807) is 46.9 Å². The van der Waals surface area contributed by atoms with Crippen molar-refractivity contribution < 1.29 is 9.53 Å². The standard InChI is InChI=1S/C29H30ClN3O3/c1-18(2)17-32(28(34)21-8-6-19(3)7-9-21)20(4)27-31-26-16-22(30)10-15-25(26)29(35)33(27)23-11-13-24(36-5)14-12-23/h6-16,18,20H,17H2,1-5H3. The van der Waals surface area contributed by atoms with Crippen molar-refractivity contribution in [3.63, 3.8) is 0 Å². The van der Waals surface area contributed by atoms with Crippen molar-refractivity contribution in [2.24, 2.45) is 5.92 Å². The molecule has 36 heavy (non-hydrogen) atoms. The van der Waals surface area contributed by atoms with Crippen molar-refractivity contribution in [2.75, 3.05) is 13.7 Å². The molecule has 1 aromatic heterocycles. The van der Waals surface area contributed by atoms with Crippen LogP contribution in [0.25, 0.3) is 16.6 Å².